The molecule has 15 heavy (non-hydrogen) atoms. The first-order valence-corrected chi connectivity index (χ1v) is 5.98. The average Bonchev–Trinajstić information content (AvgIpc) is 2.42. The maximum atomic E-state index is 10.1. The minimum atomic E-state index is -0.582. The van der Waals surface area contributed by atoms with Crippen LogP contribution >= 0.6 is 15.9 Å². The zero-order chi connectivity index (χ0) is 11.1. The Balaban J connectivity index is 2.23. The van der Waals surface area contributed by atoms with Crippen LogP contribution in [0.5, 0.6) is 0 Å². The lowest BCUT2D eigenvalue weighted by Gasteiger charge is -2.37. The van der Waals surface area contributed by atoms with E-state index in [2.05, 4.69) is 33.3 Å². The van der Waals surface area contributed by atoms with Gasteiger partial charge in [-0.1, -0.05) is 6.92 Å². The minimum absolute atomic E-state index is 0.582. The molecule has 2 N–H and O–H groups in total. The number of nitrogens with zero attached hydrogens (tertiary/aromatic N) is 2. The molecule has 0 radical (unpaired) electrons. The molecular weight excluding hydrogens is 258 g/mol. The molecule has 1 aliphatic heterocycles. The lowest BCUT2D eigenvalue weighted by Crippen LogP contribution is -2.60. The molecule has 0 unspecified atom stereocenters. The van der Waals surface area contributed by atoms with Crippen LogP contribution < -0.4 is 5.32 Å². The zero-order valence-corrected chi connectivity index (χ0v) is 10.6. The molecule has 1 aromatic rings. The number of β-amino-alcohol motifs (C(OH)–C–C–N with tert-alkyl or cyclic N) is 1. The molecule has 0 saturated carbocycles. The highest BCUT2D eigenvalue weighted by molar-refractivity contribution is 9.10. The Labute approximate surface area is 97.8 Å². The smallest absolute Gasteiger partial charge is 0.0950 e. The largest absolute Gasteiger partial charge is 0.387 e. The van der Waals surface area contributed by atoms with E-state index in [0.29, 0.717) is 19.5 Å². The maximum Gasteiger partial charge on any atom is 0.0950 e. The van der Waals surface area contributed by atoms with Crippen molar-refractivity contribution in [3.63, 3.8) is 0 Å². The van der Waals surface area contributed by atoms with Gasteiger partial charge in [0.05, 0.1) is 21.5 Å². The molecule has 1 aromatic heterocycles. The van der Waals surface area contributed by atoms with Crippen molar-refractivity contribution in [3.8, 4) is 0 Å². The van der Waals surface area contributed by atoms with Gasteiger partial charge in [0.25, 0.3) is 0 Å². The van der Waals surface area contributed by atoms with Crippen LogP contribution in [-0.2, 0) is 19.9 Å². The van der Waals surface area contributed by atoms with Crippen molar-refractivity contribution in [3.05, 3.63) is 15.9 Å². The van der Waals surface area contributed by atoms with Gasteiger partial charge in [-0.2, -0.15) is 5.10 Å². The SMILES string of the molecule is CCc1nn(C)c(CC2(O)CNC2)c1Br. The van der Waals surface area contributed by atoms with Crippen LogP contribution in [0.3, 0.4) is 0 Å². The Hall–Kier alpha value is -0.390. The standard InChI is InChI=1S/C10H16BrN3O/c1-3-7-9(11)8(14(2)13-7)4-10(15)5-12-6-10/h12,15H,3-6H2,1-2H3. The quantitative estimate of drug-likeness (QED) is 0.849. The summed E-state index contributed by atoms with van der Waals surface area (Å²) < 4.78 is 2.91. The summed E-state index contributed by atoms with van der Waals surface area (Å²) in [4.78, 5) is 0. The van der Waals surface area contributed by atoms with E-state index >= 15 is 0 Å². The number of nitrogens with one attached hydrogen (secondary N) is 1. The van der Waals surface area contributed by atoms with Gasteiger partial charge >= 0.3 is 0 Å². The van der Waals surface area contributed by atoms with E-state index in [1.54, 1.807) is 0 Å². The highest BCUT2D eigenvalue weighted by Gasteiger charge is 2.36. The predicted molar refractivity (Wildman–Crippen MR) is 61.8 cm³/mol. The van der Waals surface area contributed by atoms with Gasteiger partial charge in [-0.25, -0.2) is 0 Å². The number of rotatable bonds is 3. The first-order chi connectivity index (χ1) is 7.06. The summed E-state index contributed by atoms with van der Waals surface area (Å²) in [5.74, 6) is 0. The highest BCUT2D eigenvalue weighted by atomic mass is 79.9. The number of aliphatic hydroxyl groups is 1. The molecule has 1 saturated heterocycles. The fraction of sp³-hybridized carbons (Fsp3) is 0.700. The second kappa shape index (κ2) is 3.88. The van der Waals surface area contributed by atoms with Crippen molar-refractivity contribution in [2.45, 2.75) is 25.4 Å². The van der Waals surface area contributed by atoms with Gasteiger partial charge in [0.15, 0.2) is 0 Å². The first kappa shape index (κ1) is 11.1. The normalized spacial score (nSPS) is 18.9. The topological polar surface area (TPSA) is 50.1 Å². The number of halogens is 1. The summed E-state index contributed by atoms with van der Waals surface area (Å²) in [6.07, 6.45) is 1.56. The Morgan fingerprint density at radius 2 is 2.27 bits per heavy atom. The Bertz CT molecular complexity index is 371. The predicted octanol–water partition coefficient (Wildman–Crippen LogP) is 0.622. The van der Waals surface area contributed by atoms with Crippen molar-refractivity contribution in [2.75, 3.05) is 13.1 Å². The lowest BCUT2D eigenvalue weighted by molar-refractivity contribution is -0.0106. The lowest BCUT2D eigenvalue weighted by atomic mass is 9.91. The van der Waals surface area contributed by atoms with Crippen LogP contribution in [0.1, 0.15) is 18.3 Å². The molecular formula is C10H16BrN3O. The van der Waals surface area contributed by atoms with Crippen LogP contribution in [0.25, 0.3) is 0 Å². The van der Waals surface area contributed by atoms with E-state index in [0.717, 1.165) is 22.3 Å². The number of aryl methyl sites for hydroxylation is 2. The molecule has 4 nitrogen and oxygen atoms in total. The molecule has 0 aromatic carbocycles. The van der Waals surface area contributed by atoms with Crippen LogP contribution in [0, 0.1) is 0 Å². The van der Waals surface area contributed by atoms with Crippen molar-refractivity contribution in [2.24, 2.45) is 7.05 Å². The van der Waals surface area contributed by atoms with Gasteiger partial charge in [-0.3, -0.25) is 4.68 Å². The van der Waals surface area contributed by atoms with Gasteiger partial charge in [0.2, 0.25) is 0 Å². The van der Waals surface area contributed by atoms with E-state index in [1.807, 2.05) is 11.7 Å². The summed E-state index contributed by atoms with van der Waals surface area (Å²) in [6, 6.07) is 0. The van der Waals surface area contributed by atoms with Crippen molar-refractivity contribution >= 4 is 15.9 Å². The first-order valence-electron chi connectivity index (χ1n) is 5.19. The van der Waals surface area contributed by atoms with Crippen LogP contribution in [-0.4, -0.2) is 33.6 Å². The molecule has 2 rings (SSSR count). The Morgan fingerprint density at radius 1 is 1.60 bits per heavy atom. The fourth-order valence-electron chi connectivity index (χ4n) is 1.86. The molecule has 0 spiro atoms. The molecule has 0 bridgehead atoms. The van der Waals surface area contributed by atoms with Crippen molar-refractivity contribution in [1.29, 1.82) is 0 Å². The molecule has 0 aliphatic carbocycles. The van der Waals surface area contributed by atoms with E-state index in [9.17, 15) is 5.11 Å². The third kappa shape index (κ3) is 1.96. The molecule has 84 valence electrons. The summed E-state index contributed by atoms with van der Waals surface area (Å²) in [7, 11) is 1.93. The van der Waals surface area contributed by atoms with Crippen molar-refractivity contribution in [1.82, 2.24) is 15.1 Å². The van der Waals surface area contributed by atoms with E-state index in [4.69, 9.17) is 0 Å². The monoisotopic (exact) mass is 273 g/mol. The van der Waals surface area contributed by atoms with Gasteiger partial charge < -0.3 is 10.4 Å². The number of aromatic nitrogens is 2. The molecule has 0 amide bonds. The second-order valence-corrected chi connectivity index (χ2v) is 4.98. The van der Waals surface area contributed by atoms with Crippen LogP contribution in [0.2, 0.25) is 0 Å². The molecule has 0 atom stereocenters. The summed E-state index contributed by atoms with van der Waals surface area (Å²) >= 11 is 3.55. The van der Waals surface area contributed by atoms with Gasteiger partial charge in [-0.05, 0) is 22.4 Å². The van der Waals surface area contributed by atoms with Crippen molar-refractivity contribution < 1.29 is 5.11 Å². The van der Waals surface area contributed by atoms with Crippen LogP contribution in [0.4, 0.5) is 0 Å². The van der Waals surface area contributed by atoms with E-state index in [1.165, 1.54) is 0 Å². The minimum Gasteiger partial charge on any atom is -0.387 e. The molecule has 5 heteroatoms. The zero-order valence-electron chi connectivity index (χ0n) is 9.05. The fourth-order valence-corrected chi connectivity index (χ4v) is 2.62. The maximum absolute atomic E-state index is 10.1. The summed E-state index contributed by atoms with van der Waals surface area (Å²) in [5, 5.41) is 17.6. The number of hydrogen-bond donors (Lipinski definition) is 2. The summed E-state index contributed by atoms with van der Waals surface area (Å²) in [6.45, 7) is 3.43. The highest BCUT2D eigenvalue weighted by Crippen LogP contribution is 2.26. The summed E-state index contributed by atoms with van der Waals surface area (Å²) in [5.41, 5.74) is 1.56. The van der Waals surface area contributed by atoms with Gasteiger partial charge in [0.1, 0.15) is 0 Å². The third-order valence-electron chi connectivity index (χ3n) is 2.91. The van der Waals surface area contributed by atoms with Gasteiger partial charge in [0, 0.05) is 26.6 Å². The third-order valence-corrected chi connectivity index (χ3v) is 3.82. The van der Waals surface area contributed by atoms with Crippen LogP contribution in [0.15, 0.2) is 4.47 Å². The second-order valence-electron chi connectivity index (χ2n) is 4.19. The Morgan fingerprint density at radius 3 is 2.67 bits per heavy atom. The molecule has 2 heterocycles. The number of hydrogen-bond acceptors (Lipinski definition) is 3. The Kier molecular flexibility index (Phi) is 2.87. The van der Waals surface area contributed by atoms with E-state index in [-0.39, 0.29) is 0 Å². The molecule has 1 fully saturated rings. The average molecular weight is 274 g/mol. The van der Waals surface area contributed by atoms with Gasteiger partial charge in [-0.15, -0.1) is 0 Å². The van der Waals surface area contributed by atoms with E-state index < -0.39 is 5.60 Å². The molecule has 1 aliphatic rings.